The maximum atomic E-state index is 14.4. The van der Waals surface area contributed by atoms with Gasteiger partial charge >= 0.3 is 5.97 Å². The molecule has 0 spiro atoms. The molecule has 6 heteroatoms. The second-order valence-electron chi connectivity index (χ2n) is 7.55. The Morgan fingerprint density at radius 1 is 1.32 bits per heavy atom. The number of carboxylic acids is 1. The van der Waals surface area contributed by atoms with Crippen LogP contribution in [0, 0.1) is 5.82 Å². The normalized spacial score (nSPS) is 16.1. The Kier molecular flexibility index (Phi) is 5.15. The Morgan fingerprint density at radius 2 is 2.04 bits per heavy atom. The fraction of sp³-hybridized carbons (Fsp3) is 0.318. The number of fused-ring (bicyclic) bond motifs is 3. The van der Waals surface area contributed by atoms with Crippen molar-refractivity contribution in [1.29, 1.82) is 0 Å². The van der Waals surface area contributed by atoms with Crippen LogP contribution in [0.15, 0.2) is 46.2 Å². The number of aryl methyl sites for hydroxylation is 1. The van der Waals surface area contributed by atoms with E-state index in [1.54, 1.807) is 23.9 Å². The third kappa shape index (κ3) is 3.42. The fourth-order valence-electron chi connectivity index (χ4n) is 4.11. The molecule has 0 radical (unpaired) electrons. The van der Waals surface area contributed by atoms with Crippen LogP contribution in [0.25, 0.3) is 10.9 Å². The van der Waals surface area contributed by atoms with Crippen LogP contribution >= 0.6 is 23.4 Å². The van der Waals surface area contributed by atoms with Crippen molar-refractivity contribution in [3.63, 3.8) is 0 Å². The van der Waals surface area contributed by atoms with Gasteiger partial charge in [0.2, 0.25) is 0 Å². The van der Waals surface area contributed by atoms with Crippen molar-refractivity contribution >= 4 is 40.2 Å². The molecule has 0 saturated heterocycles. The summed E-state index contributed by atoms with van der Waals surface area (Å²) in [6.45, 7) is 4.83. The minimum absolute atomic E-state index is 0.0669. The van der Waals surface area contributed by atoms with Gasteiger partial charge in [-0.1, -0.05) is 37.2 Å². The standard InChI is InChI=1S/C22H21ClFNO2S/c1-12(2)17-10-15(24)11-18-20(17)22(28-16-5-3-14(23)4-6-16)21-13(9-19(26)27)7-8-25(18)21/h3-6,10-13H,7-9H2,1-2H3,(H,26,27)/t13-/m1/s1. The molecule has 0 bridgehead atoms. The molecular weight excluding hydrogens is 397 g/mol. The van der Waals surface area contributed by atoms with E-state index in [4.69, 9.17) is 11.6 Å². The molecule has 0 fully saturated rings. The Balaban J connectivity index is 1.96. The van der Waals surface area contributed by atoms with Crippen molar-refractivity contribution in [2.24, 2.45) is 0 Å². The van der Waals surface area contributed by atoms with E-state index in [-0.39, 0.29) is 24.1 Å². The highest BCUT2D eigenvalue weighted by Gasteiger charge is 2.33. The van der Waals surface area contributed by atoms with Gasteiger partial charge in [-0.05, 0) is 54.3 Å². The van der Waals surface area contributed by atoms with E-state index in [9.17, 15) is 14.3 Å². The number of carboxylic acid groups (broad SMARTS) is 1. The lowest BCUT2D eigenvalue weighted by molar-refractivity contribution is -0.137. The van der Waals surface area contributed by atoms with E-state index in [1.807, 2.05) is 24.3 Å². The average Bonchev–Trinajstić information content (AvgIpc) is 3.16. The number of aliphatic carboxylic acids is 1. The van der Waals surface area contributed by atoms with Crippen molar-refractivity contribution in [1.82, 2.24) is 4.57 Å². The highest BCUT2D eigenvalue weighted by molar-refractivity contribution is 7.99. The maximum Gasteiger partial charge on any atom is 0.304 e. The molecule has 1 aliphatic rings. The number of hydrogen-bond acceptors (Lipinski definition) is 2. The summed E-state index contributed by atoms with van der Waals surface area (Å²) >= 11 is 7.64. The van der Waals surface area contributed by atoms with Crippen LogP contribution in [-0.4, -0.2) is 15.6 Å². The molecule has 3 nitrogen and oxygen atoms in total. The van der Waals surface area contributed by atoms with Gasteiger partial charge in [0.1, 0.15) is 5.82 Å². The molecule has 146 valence electrons. The van der Waals surface area contributed by atoms with E-state index in [2.05, 4.69) is 18.4 Å². The third-order valence-corrected chi connectivity index (χ3v) is 6.70. The molecule has 1 atom stereocenters. The van der Waals surface area contributed by atoms with Crippen LogP contribution in [0.3, 0.4) is 0 Å². The zero-order valence-electron chi connectivity index (χ0n) is 15.7. The number of hydrogen-bond donors (Lipinski definition) is 1. The summed E-state index contributed by atoms with van der Waals surface area (Å²) in [7, 11) is 0. The summed E-state index contributed by atoms with van der Waals surface area (Å²) < 4.78 is 16.5. The Morgan fingerprint density at radius 3 is 2.68 bits per heavy atom. The molecule has 28 heavy (non-hydrogen) atoms. The van der Waals surface area contributed by atoms with Gasteiger partial charge in [-0.3, -0.25) is 4.79 Å². The number of nitrogens with zero attached hydrogens (tertiary/aromatic N) is 1. The van der Waals surface area contributed by atoms with Gasteiger partial charge in [-0.2, -0.15) is 0 Å². The van der Waals surface area contributed by atoms with Crippen LogP contribution in [0.1, 0.15) is 49.8 Å². The molecule has 0 aliphatic carbocycles. The highest BCUT2D eigenvalue weighted by Crippen LogP contribution is 2.48. The molecule has 1 N–H and O–H groups in total. The van der Waals surface area contributed by atoms with Crippen LogP contribution in [0.2, 0.25) is 5.02 Å². The van der Waals surface area contributed by atoms with Crippen molar-refractivity contribution in [2.75, 3.05) is 0 Å². The topological polar surface area (TPSA) is 42.2 Å². The summed E-state index contributed by atoms with van der Waals surface area (Å²) in [6, 6.07) is 10.8. The molecule has 0 amide bonds. The zero-order chi connectivity index (χ0) is 20.0. The van der Waals surface area contributed by atoms with E-state index in [1.165, 1.54) is 0 Å². The van der Waals surface area contributed by atoms with E-state index in [0.29, 0.717) is 11.6 Å². The number of rotatable bonds is 5. The molecule has 0 unspecified atom stereocenters. The molecular formula is C22H21ClFNO2S. The van der Waals surface area contributed by atoms with Gasteiger partial charge in [-0.15, -0.1) is 0 Å². The summed E-state index contributed by atoms with van der Waals surface area (Å²) in [5.41, 5.74) is 2.84. The zero-order valence-corrected chi connectivity index (χ0v) is 17.3. The Hall–Kier alpha value is -1.98. The first-order valence-electron chi connectivity index (χ1n) is 9.36. The Bertz CT molecular complexity index is 1060. The second kappa shape index (κ2) is 7.45. The largest absolute Gasteiger partial charge is 0.481 e. The van der Waals surface area contributed by atoms with Gasteiger partial charge in [0.15, 0.2) is 0 Å². The smallest absolute Gasteiger partial charge is 0.304 e. The summed E-state index contributed by atoms with van der Waals surface area (Å²) in [5, 5.41) is 11.1. The number of carbonyl (C=O) groups is 1. The molecule has 3 aromatic rings. The van der Waals surface area contributed by atoms with Crippen LogP contribution in [-0.2, 0) is 11.3 Å². The van der Waals surface area contributed by atoms with Gasteiger partial charge in [0.25, 0.3) is 0 Å². The highest BCUT2D eigenvalue weighted by atomic mass is 35.5. The van der Waals surface area contributed by atoms with E-state index < -0.39 is 5.97 Å². The predicted molar refractivity (Wildman–Crippen MR) is 111 cm³/mol. The van der Waals surface area contributed by atoms with Crippen molar-refractivity contribution in [3.05, 3.63) is 58.5 Å². The molecule has 0 saturated carbocycles. The van der Waals surface area contributed by atoms with Crippen molar-refractivity contribution < 1.29 is 14.3 Å². The molecule has 2 aromatic carbocycles. The van der Waals surface area contributed by atoms with Crippen LogP contribution < -0.4 is 0 Å². The average molecular weight is 418 g/mol. The van der Waals surface area contributed by atoms with Gasteiger partial charge < -0.3 is 9.67 Å². The third-order valence-electron chi connectivity index (χ3n) is 5.32. The quantitative estimate of drug-likeness (QED) is 0.504. The fourth-order valence-corrected chi connectivity index (χ4v) is 5.45. The monoisotopic (exact) mass is 417 g/mol. The lowest BCUT2D eigenvalue weighted by Gasteiger charge is -2.13. The predicted octanol–water partition coefficient (Wildman–Crippen LogP) is 6.67. The van der Waals surface area contributed by atoms with E-state index in [0.717, 1.165) is 38.4 Å². The van der Waals surface area contributed by atoms with Crippen LogP contribution in [0.4, 0.5) is 4.39 Å². The SMILES string of the molecule is CC(C)c1cc(F)cc2c1c(Sc1ccc(Cl)cc1)c1n2CC[C@@H]1CC(=O)O. The number of halogens is 2. The second-order valence-corrected chi connectivity index (χ2v) is 9.07. The van der Waals surface area contributed by atoms with Crippen LogP contribution in [0.5, 0.6) is 0 Å². The first-order valence-corrected chi connectivity index (χ1v) is 10.6. The molecule has 2 heterocycles. The Labute approximate surface area is 172 Å². The lowest BCUT2D eigenvalue weighted by atomic mass is 9.96. The number of benzene rings is 2. The minimum atomic E-state index is -0.804. The first kappa shape index (κ1) is 19.3. The summed E-state index contributed by atoms with van der Waals surface area (Å²) in [6.07, 6.45) is 0.850. The molecule has 1 aromatic heterocycles. The maximum absolute atomic E-state index is 14.4. The van der Waals surface area contributed by atoms with Gasteiger partial charge in [0, 0.05) is 38.4 Å². The first-order chi connectivity index (χ1) is 13.3. The molecule has 4 rings (SSSR count). The minimum Gasteiger partial charge on any atom is -0.481 e. The lowest BCUT2D eigenvalue weighted by Crippen LogP contribution is -2.04. The van der Waals surface area contributed by atoms with Gasteiger partial charge in [0.05, 0.1) is 11.9 Å². The molecule has 1 aliphatic heterocycles. The van der Waals surface area contributed by atoms with Crippen molar-refractivity contribution in [3.8, 4) is 0 Å². The summed E-state index contributed by atoms with van der Waals surface area (Å²) in [5.74, 6) is -0.964. The van der Waals surface area contributed by atoms with Crippen molar-refractivity contribution in [2.45, 2.75) is 54.9 Å². The number of aromatic nitrogens is 1. The summed E-state index contributed by atoms with van der Waals surface area (Å²) in [4.78, 5) is 13.5. The van der Waals surface area contributed by atoms with Gasteiger partial charge in [-0.25, -0.2) is 4.39 Å². The van der Waals surface area contributed by atoms with E-state index >= 15 is 0 Å².